The van der Waals surface area contributed by atoms with Gasteiger partial charge >= 0.3 is 0 Å². The molecule has 1 atom stereocenters. The third-order valence-electron chi connectivity index (χ3n) is 1.57. The molecule has 1 N–H and O–H groups in total. The van der Waals surface area contributed by atoms with E-state index in [-0.39, 0.29) is 11.9 Å². The lowest BCUT2D eigenvalue weighted by Gasteiger charge is -2.08. The Labute approximate surface area is 84.8 Å². The van der Waals surface area contributed by atoms with Crippen molar-refractivity contribution in [2.24, 2.45) is 0 Å². The van der Waals surface area contributed by atoms with Crippen LogP contribution in [0.4, 0.5) is 0 Å². The molecule has 0 aliphatic heterocycles. The topological polar surface area (TPSA) is 54.4 Å². The molecule has 0 bridgehead atoms. The molecule has 80 valence electrons. The van der Waals surface area contributed by atoms with Crippen LogP contribution in [0.5, 0.6) is 0 Å². The number of rotatable bonds is 7. The van der Waals surface area contributed by atoms with Crippen molar-refractivity contribution >= 4 is 21.6 Å². The SMILES string of the molecule is CCSCC(O)CCCS(C)(=O)=O. The Morgan fingerprint density at radius 2 is 2.08 bits per heavy atom. The molecule has 0 aliphatic rings. The molecule has 0 fully saturated rings. The molecule has 0 aromatic carbocycles. The van der Waals surface area contributed by atoms with Gasteiger partial charge in [-0.3, -0.25) is 0 Å². The highest BCUT2D eigenvalue weighted by Gasteiger charge is 2.06. The molecule has 0 saturated heterocycles. The number of hydrogen-bond acceptors (Lipinski definition) is 4. The largest absolute Gasteiger partial charge is 0.392 e. The third kappa shape index (κ3) is 10.2. The van der Waals surface area contributed by atoms with Crippen LogP contribution in [-0.4, -0.2) is 43.1 Å². The fourth-order valence-corrected chi connectivity index (χ4v) is 2.28. The Bertz CT molecular complexity index is 211. The Hall–Kier alpha value is 0.260. The van der Waals surface area contributed by atoms with E-state index in [0.717, 1.165) is 5.75 Å². The standard InChI is InChI=1S/C8H18O3S2/c1-3-12-7-8(9)5-4-6-13(2,10)11/h8-9H,3-7H2,1-2H3. The average molecular weight is 226 g/mol. The summed E-state index contributed by atoms with van der Waals surface area (Å²) in [5.74, 6) is 1.88. The van der Waals surface area contributed by atoms with Crippen LogP contribution in [-0.2, 0) is 9.84 Å². The van der Waals surface area contributed by atoms with Gasteiger partial charge in [0.2, 0.25) is 0 Å². The van der Waals surface area contributed by atoms with Gasteiger partial charge in [-0.05, 0) is 18.6 Å². The first-order valence-electron chi connectivity index (χ1n) is 4.39. The van der Waals surface area contributed by atoms with Gasteiger partial charge < -0.3 is 5.11 Å². The van der Waals surface area contributed by atoms with E-state index in [1.165, 1.54) is 6.26 Å². The zero-order valence-corrected chi connectivity index (χ0v) is 9.83. The highest BCUT2D eigenvalue weighted by Crippen LogP contribution is 2.07. The second-order valence-electron chi connectivity index (χ2n) is 3.09. The summed E-state index contributed by atoms with van der Waals surface area (Å²) in [4.78, 5) is 0. The first-order valence-corrected chi connectivity index (χ1v) is 7.60. The predicted octanol–water partition coefficient (Wildman–Crippen LogP) is 0.925. The number of aliphatic hydroxyl groups is 1. The lowest BCUT2D eigenvalue weighted by Crippen LogP contribution is -2.12. The van der Waals surface area contributed by atoms with Gasteiger partial charge in [0.25, 0.3) is 0 Å². The molecule has 5 heteroatoms. The summed E-state index contributed by atoms with van der Waals surface area (Å²) in [5.41, 5.74) is 0. The summed E-state index contributed by atoms with van der Waals surface area (Å²) in [6.07, 6.45) is 2.01. The number of hydrogen-bond donors (Lipinski definition) is 1. The normalized spacial score (nSPS) is 14.4. The van der Waals surface area contributed by atoms with Gasteiger partial charge in [0, 0.05) is 17.8 Å². The summed E-state index contributed by atoms with van der Waals surface area (Å²) in [5, 5.41) is 9.36. The van der Waals surface area contributed by atoms with Crippen molar-refractivity contribution in [2.75, 3.05) is 23.5 Å². The summed E-state index contributed by atoms with van der Waals surface area (Å²) < 4.78 is 21.5. The molecule has 13 heavy (non-hydrogen) atoms. The van der Waals surface area contributed by atoms with E-state index in [1.54, 1.807) is 11.8 Å². The monoisotopic (exact) mass is 226 g/mol. The molecule has 0 rings (SSSR count). The van der Waals surface area contributed by atoms with Gasteiger partial charge in [-0.2, -0.15) is 11.8 Å². The van der Waals surface area contributed by atoms with Crippen LogP contribution in [0.25, 0.3) is 0 Å². The highest BCUT2D eigenvalue weighted by atomic mass is 32.2. The molecule has 0 amide bonds. The van der Waals surface area contributed by atoms with E-state index < -0.39 is 9.84 Å². The van der Waals surface area contributed by atoms with E-state index in [0.29, 0.717) is 18.6 Å². The minimum absolute atomic E-state index is 0.181. The molecule has 0 aromatic heterocycles. The maximum atomic E-state index is 10.7. The lowest BCUT2D eigenvalue weighted by molar-refractivity contribution is 0.188. The Kier molecular flexibility index (Phi) is 6.81. The number of thioether (sulfide) groups is 1. The van der Waals surface area contributed by atoms with Gasteiger partial charge in [-0.1, -0.05) is 6.92 Å². The van der Waals surface area contributed by atoms with E-state index >= 15 is 0 Å². The highest BCUT2D eigenvalue weighted by molar-refractivity contribution is 7.99. The average Bonchev–Trinajstić information content (AvgIpc) is 1.98. The maximum Gasteiger partial charge on any atom is 0.147 e. The second kappa shape index (κ2) is 6.68. The molecule has 3 nitrogen and oxygen atoms in total. The molecular weight excluding hydrogens is 208 g/mol. The Morgan fingerprint density at radius 1 is 1.46 bits per heavy atom. The molecule has 0 spiro atoms. The van der Waals surface area contributed by atoms with E-state index in [1.807, 2.05) is 6.92 Å². The number of aliphatic hydroxyl groups excluding tert-OH is 1. The van der Waals surface area contributed by atoms with Gasteiger partial charge in [0.1, 0.15) is 9.84 Å². The molecule has 0 radical (unpaired) electrons. The van der Waals surface area contributed by atoms with E-state index in [2.05, 4.69) is 0 Å². The van der Waals surface area contributed by atoms with Crippen LogP contribution in [0.2, 0.25) is 0 Å². The van der Waals surface area contributed by atoms with E-state index in [4.69, 9.17) is 0 Å². The zero-order valence-electron chi connectivity index (χ0n) is 8.19. The van der Waals surface area contributed by atoms with Gasteiger partial charge in [-0.25, -0.2) is 8.42 Å². The lowest BCUT2D eigenvalue weighted by atomic mass is 10.2. The van der Waals surface area contributed by atoms with Crippen LogP contribution in [0, 0.1) is 0 Å². The van der Waals surface area contributed by atoms with Crippen LogP contribution in [0.1, 0.15) is 19.8 Å². The predicted molar refractivity (Wildman–Crippen MR) is 58.0 cm³/mol. The van der Waals surface area contributed by atoms with Crippen LogP contribution < -0.4 is 0 Å². The minimum Gasteiger partial charge on any atom is -0.392 e. The third-order valence-corrected chi connectivity index (χ3v) is 3.63. The Balaban J connectivity index is 3.42. The number of sulfone groups is 1. The van der Waals surface area contributed by atoms with Crippen molar-refractivity contribution < 1.29 is 13.5 Å². The second-order valence-corrected chi connectivity index (χ2v) is 6.66. The molecule has 0 aliphatic carbocycles. The summed E-state index contributed by atoms with van der Waals surface area (Å²) in [6.45, 7) is 2.04. The van der Waals surface area contributed by atoms with Gasteiger partial charge in [-0.15, -0.1) is 0 Å². The molecule has 0 saturated carbocycles. The van der Waals surface area contributed by atoms with Crippen LogP contribution in [0.3, 0.4) is 0 Å². The zero-order chi connectivity index (χ0) is 10.3. The summed E-state index contributed by atoms with van der Waals surface area (Å²) in [6, 6.07) is 0. The molecule has 1 unspecified atom stereocenters. The molecule has 0 aromatic rings. The smallest absolute Gasteiger partial charge is 0.147 e. The molecular formula is C8H18O3S2. The van der Waals surface area contributed by atoms with Gasteiger partial charge in [0.05, 0.1) is 6.10 Å². The van der Waals surface area contributed by atoms with Crippen LogP contribution in [0.15, 0.2) is 0 Å². The van der Waals surface area contributed by atoms with E-state index in [9.17, 15) is 13.5 Å². The first-order chi connectivity index (χ1) is 5.95. The van der Waals surface area contributed by atoms with Crippen molar-refractivity contribution in [3.63, 3.8) is 0 Å². The fourth-order valence-electron chi connectivity index (χ4n) is 0.918. The fraction of sp³-hybridized carbons (Fsp3) is 1.00. The summed E-state index contributed by atoms with van der Waals surface area (Å²) >= 11 is 1.67. The molecule has 0 heterocycles. The Morgan fingerprint density at radius 3 is 2.54 bits per heavy atom. The van der Waals surface area contributed by atoms with Gasteiger partial charge in [0.15, 0.2) is 0 Å². The maximum absolute atomic E-state index is 10.7. The minimum atomic E-state index is -2.86. The van der Waals surface area contributed by atoms with Crippen molar-refractivity contribution in [3.8, 4) is 0 Å². The quantitative estimate of drug-likeness (QED) is 0.701. The van der Waals surface area contributed by atoms with Crippen molar-refractivity contribution in [3.05, 3.63) is 0 Å². The van der Waals surface area contributed by atoms with Crippen molar-refractivity contribution in [1.82, 2.24) is 0 Å². The van der Waals surface area contributed by atoms with Crippen molar-refractivity contribution in [2.45, 2.75) is 25.9 Å². The van der Waals surface area contributed by atoms with Crippen LogP contribution >= 0.6 is 11.8 Å². The van der Waals surface area contributed by atoms with Crippen molar-refractivity contribution in [1.29, 1.82) is 0 Å². The first kappa shape index (κ1) is 13.3. The summed E-state index contributed by atoms with van der Waals surface area (Å²) in [7, 11) is -2.86.